The summed E-state index contributed by atoms with van der Waals surface area (Å²) in [6.07, 6.45) is 1.56. The molecule has 1 aliphatic rings. The smallest absolute Gasteiger partial charge is 0.293 e. The molecule has 8 heteroatoms. The molecule has 0 aromatic heterocycles. The number of amides is 2. The lowest BCUT2D eigenvalue weighted by atomic mass is 10.1. The Bertz CT molecular complexity index is 1050. The van der Waals surface area contributed by atoms with Crippen molar-refractivity contribution in [2.45, 2.75) is 13.5 Å². The van der Waals surface area contributed by atoms with Gasteiger partial charge in [-0.2, -0.15) is 5.26 Å². The summed E-state index contributed by atoms with van der Waals surface area (Å²) in [6, 6.07) is 12.2. The molecule has 2 aromatic rings. The average Bonchev–Trinajstić information content (AvgIpc) is 2.98. The first kappa shape index (κ1) is 20.8. The van der Waals surface area contributed by atoms with Crippen molar-refractivity contribution in [3.05, 3.63) is 63.0 Å². The van der Waals surface area contributed by atoms with Crippen LogP contribution in [0.25, 0.3) is 6.08 Å². The van der Waals surface area contributed by atoms with Crippen LogP contribution in [-0.4, -0.2) is 29.8 Å². The predicted molar refractivity (Wildman–Crippen MR) is 112 cm³/mol. The van der Waals surface area contributed by atoms with Gasteiger partial charge in [0, 0.05) is 6.07 Å². The van der Waals surface area contributed by atoms with Gasteiger partial charge >= 0.3 is 0 Å². The molecule has 0 unspecified atom stereocenters. The summed E-state index contributed by atoms with van der Waals surface area (Å²) < 4.78 is 10.8. The van der Waals surface area contributed by atoms with Crippen LogP contribution in [0.4, 0.5) is 4.79 Å². The zero-order valence-corrected chi connectivity index (χ0v) is 17.3. The second-order valence-corrected chi connectivity index (χ2v) is 7.39. The highest BCUT2D eigenvalue weighted by Gasteiger charge is 2.35. The Morgan fingerprint density at radius 1 is 1.24 bits per heavy atom. The molecule has 0 radical (unpaired) electrons. The predicted octanol–water partition coefficient (Wildman–Crippen LogP) is 4.86. The van der Waals surface area contributed by atoms with Gasteiger partial charge in [0.05, 0.1) is 41.8 Å². The van der Waals surface area contributed by atoms with Crippen molar-refractivity contribution in [1.29, 1.82) is 5.26 Å². The van der Waals surface area contributed by atoms with E-state index in [0.717, 1.165) is 16.7 Å². The third-order valence-corrected chi connectivity index (χ3v) is 5.44. The molecule has 1 saturated heterocycles. The molecule has 0 spiro atoms. The maximum Gasteiger partial charge on any atom is 0.293 e. The summed E-state index contributed by atoms with van der Waals surface area (Å²) in [5.74, 6) is 0.541. The highest BCUT2D eigenvalue weighted by Crippen LogP contribution is 2.38. The van der Waals surface area contributed by atoms with Gasteiger partial charge in [0.2, 0.25) is 0 Å². The molecule has 6 nitrogen and oxygen atoms in total. The van der Waals surface area contributed by atoms with Gasteiger partial charge in [0.15, 0.2) is 11.5 Å². The van der Waals surface area contributed by atoms with Crippen molar-refractivity contribution in [3.8, 4) is 17.6 Å². The van der Waals surface area contributed by atoms with E-state index >= 15 is 0 Å². The highest BCUT2D eigenvalue weighted by atomic mass is 35.5. The molecule has 3 rings (SSSR count). The van der Waals surface area contributed by atoms with Gasteiger partial charge in [0.25, 0.3) is 11.1 Å². The second kappa shape index (κ2) is 9.03. The van der Waals surface area contributed by atoms with Crippen LogP contribution in [0, 0.1) is 11.3 Å². The Kier molecular flexibility index (Phi) is 6.47. The van der Waals surface area contributed by atoms with Crippen molar-refractivity contribution >= 4 is 40.6 Å². The number of rotatable bonds is 6. The van der Waals surface area contributed by atoms with Gasteiger partial charge in [-0.3, -0.25) is 14.5 Å². The molecule has 29 heavy (non-hydrogen) atoms. The molecule has 0 aliphatic carbocycles. The van der Waals surface area contributed by atoms with Crippen LogP contribution in [0.5, 0.6) is 11.5 Å². The van der Waals surface area contributed by atoms with Crippen molar-refractivity contribution < 1.29 is 19.1 Å². The van der Waals surface area contributed by atoms with E-state index in [1.54, 1.807) is 42.5 Å². The molecule has 0 bridgehead atoms. The van der Waals surface area contributed by atoms with Crippen LogP contribution in [-0.2, 0) is 11.3 Å². The van der Waals surface area contributed by atoms with Gasteiger partial charge in [-0.25, -0.2) is 0 Å². The monoisotopic (exact) mass is 428 g/mol. The number of hydrogen-bond acceptors (Lipinski definition) is 6. The third kappa shape index (κ3) is 4.39. The maximum atomic E-state index is 12.8. The summed E-state index contributed by atoms with van der Waals surface area (Å²) >= 11 is 7.16. The number of hydrogen-bond donors (Lipinski definition) is 0. The molecule has 0 saturated carbocycles. The Morgan fingerprint density at radius 2 is 2.00 bits per heavy atom. The number of ether oxygens (including phenoxy) is 2. The fraction of sp³-hybridized carbons (Fsp3) is 0.190. The van der Waals surface area contributed by atoms with Crippen molar-refractivity contribution in [2.24, 2.45) is 0 Å². The molecule has 1 heterocycles. The lowest BCUT2D eigenvalue weighted by Crippen LogP contribution is -2.27. The molecule has 1 fully saturated rings. The number of carbonyl (C=O) groups is 2. The number of halogens is 1. The van der Waals surface area contributed by atoms with Crippen molar-refractivity contribution in [2.75, 3.05) is 13.7 Å². The minimum absolute atomic E-state index is 0.0338. The summed E-state index contributed by atoms with van der Waals surface area (Å²) in [5, 5.41) is 9.19. The van der Waals surface area contributed by atoms with Gasteiger partial charge in [-0.05, 0) is 48.0 Å². The van der Waals surface area contributed by atoms with E-state index < -0.39 is 11.1 Å². The van der Waals surface area contributed by atoms with Crippen LogP contribution >= 0.6 is 23.4 Å². The summed E-state index contributed by atoms with van der Waals surface area (Å²) in [4.78, 5) is 26.6. The summed E-state index contributed by atoms with van der Waals surface area (Å²) in [7, 11) is 1.51. The first-order valence-corrected chi connectivity index (χ1v) is 9.91. The van der Waals surface area contributed by atoms with E-state index in [0.29, 0.717) is 39.8 Å². The van der Waals surface area contributed by atoms with E-state index in [4.69, 9.17) is 21.1 Å². The standard InChI is InChI=1S/C21H17ClN2O4S/c1-3-28-18-10-16(22)15(8-17(18)27-2)9-19-20(25)24(21(26)29-19)12-14-7-5-4-6-13(14)11-23/h4-10H,3,12H2,1-2H3/b19-9+. The van der Waals surface area contributed by atoms with Gasteiger partial charge in [-0.15, -0.1) is 0 Å². The van der Waals surface area contributed by atoms with Gasteiger partial charge in [-0.1, -0.05) is 29.8 Å². The Morgan fingerprint density at radius 3 is 2.69 bits per heavy atom. The van der Waals surface area contributed by atoms with Gasteiger partial charge in [0.1, 0.15) is 0 Å². The molecular weight excluding hydrogens is 412 g/mol. The topological polar surface area (TPSA) is 79.6 Å². The van der Waals surface area contributed by atoms with E-state index in [1.165, 1.54) is 7.11 Å². The maximum absolute atomic E-state index is 12.8. The van der Waals surface area contributed by atoms with Crippen LogP contribution < -0.4 is 9.47 Å². The zero-order chi connectivity index (χ0) is 21.0. The zero-order valence-electron chi connectivity index (χ0n) is 15.8. The first-order valence-electron chi connectivity index (χ1n) is 8.72. The molecule has 1 aliphatic heterocycles. The number of nitrogens with zero attached hydrogens (tertiary/aromatic N) is 2. The van der Waals surface area contributed by atoms with Crippen molar-refractivity contribution in [3.63, 3.8) is 0 Å². The largest absolute Gasteiger partial charge is 0.493 e. The minimum Gasteiger partial charge on any atom is -0.493 e. The van der Waals surface area contributed by atoms with E-state index in [2.05, 4.69) is 6.07 Å². The fourth-order valence-electron chi connectivity index (χ4n) is 2.80. The minimum atomic E-state index is -0.434. The van der Waals surface area contributed by atoms with Crippen LogP contribution in [0.1, 0.15) is 23.6 Å². The Labute approximate surface area is 177 Å². The first-order chi connectivity index (χ1) is 14.0. The molecule has 0 atom stereocenters. The normalized spacial score (nSPS) is 15.0. The van der Waals surface area contributed by atoms with Crippen LogP contribution in [0.15, 0.2) is 41.3 Å². The molecule has 148 valence electrons. The number of benzene rings is 2. The number of carbonyl (C=O) groups excluding carboxylic acids is 2. The molecule has 2 aromatic carbocycles. The van der Waals surface area contributed by atoms with E-state index in [-0.39, 0.29) is 11.4 Å². The number of methoxy groups -OCH3 is 1. The second-order valence-electron chi connectivity index (χ2n) is 5.99. The highest BCUT2D eigenvalue weighted by molar-refractivity contribution is 8.18. The van der Waals surface area contributed by atoms with Crippen LogP contribution in [0.3, 0.4) is 0 Å². The third-order valence-electron chi connectivity index (χ3n) is 4.21. The summed E-state index contributed by atoms with van der Waals surface area (Å²) in [5.41, 5.74) is 1.57. The number of nitriles is 1. The lowest BCUT2D eigenvalue weighted by Gasteiger charge is -2.13. The number of imide groups is 1. The molecule has 0 N–H and O–H groups in total. The quantitative estimate of drug-likeness (QED) is 0.611. The molecule has 2 amide bonds. The summed E-state index contributed by atoms with van der Waals surface area (Å²) in [6.45, 7) is 2.34. The van der Waals surface area contributed by atoms with E-state index in [9.17, 15) is 14.9 Å². The van der Waals surface area contributed by atoms with Crippen molar-refractivity contribution in [1.82, 2.24) is 4.90 Å². The van der Waals surface area contributed by atoms with Crippen LogP contribution in [0.2, 0.25) is 5.02 Å². The Balaban J connectivity index is 1.89. The average molecular weight is 429 g/mol. The lowest BCUT2D eigenvalue weighted by molar-refractivity contribution is -0.123. The molecular formula is C21H17ClN2O4S. The Hall–Kier alpha value is -2.95. The van der Waals surface area contributed by atoms with Gasteiger partial charge < -0.3 is 9.47 Å². The fourth-order valence-corrected chi connectivity index (χ4v) is 3.84. The number of thioether (sulfide) groups is 1. The SMILES string of the molecule is CCOc1cc(Cl)c(/C=C2/SC(=O)N(Cc3ccccc3C#N)C2=O)cc1OC. The van der Waals surface area contributed by atoms with E-state index in [1.807, 2.05) is 6.92 Å².